The van der Waals surface area contributed by atoms with E-state index in [-0.39, 0.29) is 69.0 Å². The molecule has 2 N–H and O–H groups in total. The lowest BCUT2D eigenvalue weighted by atomic mass is 9.94. The van der Waals surface area contributed by atoms with Crippen LogP contribution in [0.5, 0.6) is 5.75 Å². The molecule has 1 aromatic heterocycles. The van der Waals surface area contributed by atoms with Crippen LogP contribution in [0.2, 0.25) is 0 Å². The smallest absolute Gasteiger partial charge is 0.319 e. The molecule has 11 heteroatoms. The minimum absolute atomic E-state index is 0.0644. The number of urea groups is 1. The van der Waals surface area contributed by atoms with Gasteiger partial charge in [-0.3, -0.25) is 24.3 Å². The van der Waals surface area contributed by atoms with Crippen LogP contribution >= 0.6 is 0 Å². The molecule has 0 saturated carbocycles. The van der Waals surface area contributed by atoms with Crippen LogP contribution < -0.4 is 5.32 Å². The second-order valence-corrected chi connectivity index (χ2v) is 15.0. The maximum absolute atomic E-state index is 14.5. The number of benzene rings is 3. The van der Waals surface area contributed by atoms with Gasteiger partial charge >= 0.3 is 12.0 Å². The number of pyridine rings is 1. The number of rotatable bonds is 18. The molecule has 3 heterocycles. The molecule has 2 unspecified atom stereocenters. The van der Waals surface area contributed by atoms with Crippen molar-refractivity contribution in [1.29, 1.82) is 0 Å². The lowest BCUT2D eigenvalue weighted by molar-refractivity contribution is -0.173. The van der Waals surface area contributed by atoms with Crippen LogP contribution in [0.1, 0.15) is 94.2 Å². The van der Waals surface area contributed by atoms with E-state index in [1.807, 2.05) is 60.7 Å². The first kappa shape index (κ1) is 40.2. The Hall–Kier alpha value is -5.45. The first-order valence-corrected chi connectivity index (χ1v) is 20.3. The van der Waals surface area contributed by atoms with E-state index in [1.165, 1.54) is 38.5 Å². The second-order valence-electron chi connectivity index (χ2n) is 15.0. The number of hydrogen-bond acceptors (Lipinski definition) is 7. The average Bonchev–Trinajstić information content (AvgIpc) is 3.21. The summed E-state index contributed by atoms with van der Waals surface area (Å²) in [5.74, 6) is -0.770. The van der Waals surface area contributed by atoms with Gasteiger partial charge in [0.15, 0.2) is 0 Å². The Morgan fingerprint density at radius 1 is 0.839 bits per heavy atom. The second kappa shape index (κ2) is 19.9. The van der Waals surface area contributed by atoms with E-state index in [1.54, 1.807) is 45.2 Å². The number of piperazine rings is 1. The molecular formula is C45H55N5O6. The van der Waals surface area contributed by atoms with E-state index in [0.29, 0.717) is 0 Å². The topological polar surface area (TPSA) is 132 Å². The Balaban J connectivity index is 1.23. The number of aromatic nitrogens is 1. The Morgan fingerprint density at radius 3 is 2.32 bits per heavy atom. The molecule has 3 atom stereocenters. The number of fused-ring (bicyclic) bond motifs is 2. The quantitative estimate of drug-likeness (QED) is 0.0793. The van der Waals surface area contributed by atoms with Gasteiger partial charge in [0, 0.05) is 37.5 Å². The van der Waals surface area contributed by atoms with Crippen molar-refractivity contribution in [2.45, 2.75) is 115 Å². The molecule has 4 aromatic rings. The van der Waals surface area contributed by atoms with Gasteiger partial charge in [0.05, 0.1) is 24.5 Å². The highest BCUT2D eigenvalue weighted by Gasteiger charge is 2.52. The third-order valence-electron chi connectivity index (χ3n) is 11.0. The molecule has 296 valence electrons. The number of unbranched alkanes of at least 4 members (excludes halogenated alkanes) is 8. The molecule has 0 radical (unpaired) electrons. The van der Waals surface area contributed by atoms with Crippen molar-refractivity contribution in [2.24, 2.45) is 0 Å². The Morgan fingerprint density at radius 2 is 1.57 bits per heavy atom. The maximum Gasteiger partial charge on any atom is 0.319 e. The van der Waals surface area contributed by atoms with Crippen LogP contribution in [0, 0.1) is 0 Å². The summed E-state index contributed by atoms with van der Waals surface area (Å²) in [6.07, 6.45) is 11.5. The highest BCUT2D eigenvalue weighted by molar-refractivity contribution is 5.92. The molecule has 0 spiro atoms. The van der Waals surface area contributed by atoms with Gasteiger partial charge in [0.25, 0.3) is 0 Å². The maximum atomic E-state index is 14.5. The minimum Gasteiger partial charge on any atom is -0.508 e. The van der Waals surface area contributed by atoms with Crippen LogP contribution in [-0.4, -0.2) is 80.0 Å². The van der Waals surface area contributed by atoms with Gasteiger partial charge in [-0.05, 0) is 47.4 Å². The number of aromatic hydroxyl groups is 1. The van der Waals surface area contributed by atoms with Crippen molar-refractivity contribution in [3.8, 4) is 5.75 Å². The molecule has 2 fully saturated rings. The molecule has 6 rings (SSSR count). The number of hydrogen-bond donors (Lipinski definition) is 2. The van der Waals surface area contributed by atoms with Crippen LogP contribution in [-0.2, 0) is 38.6 Å². The fraction of sp³-hybridized carbons (Fsp3) is 0.444. The fourth-order valence-electron chi connectivity index (χ4n) is 7.96. The van der Waals surface area contributed by atoms with Crippen molar-refractivity contribution in [1.82, 2.24) is 25.0 Å². The number of esters is 1. The Kier molecular flexibility index (Phi) is 14.3. The zero-order chi connectivity index (χ0) is 39.3. The molecular weight excluding hydrogens is 707 g/mol. The van der Waals surface area contributed by atoms with Gasteiger partial charge in [0.1, 0.15) is 24.6 Å². The van der Waals surface area contributed by atoms with Crippen molar-refractivity contribution < 1.29 is 29.0 Å². The Bertz CT molecular complexity index is 1920. The SMILES string of the molecule is CCCCCCCCCCCC(=O)OC[C@@H]1CC(=O)N2C(Cc3ccc(O)cc3)C(=O)N(Cc3cccc4ncccc34)CC2N1C(=O)NCc1ccccc1. The van der Waals surface area contributed by atoms with Crippen LogP contribution in [0.15, 0.2) is 91.1 Å². The summed E-state index contributed by atoms with van der Waals surface area (Å²) in [6, 6.07) is 23.7. The van der Waals surface area contributed by atoms with Gasteiger partial charge < -0.3 is 25.0 Å². The molecule has 56 heavy (non-hydrogen) atoms. The van der Waals surface area contributed by atoms with Crippen molar-refractivity contribution in [3.05, 3.63) is 108 Å². The monoisotopic (exact) mass is 761 g/mol. The number of amides is 4. The molecule has 4 amide bonds. The summed E-state index contributed by atoms with van der Waals surface area (Å²) in [4.78, 5) is 65.5. The van der Waals surface area contributed by atoms with Crippen molar-refractivity contribution >= 4 is 34.7 Å². The predicted octanol–water partition coefficient (Wildman–Crippen LogP) is 7.50. The van der Waals surface area contributed by atoms with Crippen molar-refractivity contribution in [2.75, 3.05) is 13.2 Å². The highest BCUT2D eigenvalue weighted by Crippen LogP contribution is 2.33. The molecule has 2 aliphatic rings. The van der Waals surface area contributed by atoms with E-state index in [9.17, 15) is 24.3 Å². The first-order chi connectivity index (χ1) is 27.3. The largest absolute Gasteiger partial charge is 0.508 e. The standard InChI is InChI=1S/C45H55N5O6/c1-2-3-4-5-6-7-8-9-13-21-43(53)56-32-36-28-42(52)50-40(27-33-22-24-37(51)25-23-33)44(54)48(30-35-18-14-20-39-38(35)19-15-26-46-39)31-41(50)49(36)45(55)47-29-34-16-11-10-12-17-34/h10-12,14-20,22-26,36,40-41,51H,2-9,13,21,27-32H2,1H3,(H,47,55)/t36-,40?,41?/m0/s1. The lowest BCUT2D eigenvalue weighted by Crippen LogP contribution is -2.74. The summed E-state index contributed by atoms with van der Waals surface area (Å²) in [6.45, 7) is 2.65. The van der Waals surface area contributed by atoms with Gasteiger partial charge in [-0.1, -0.05) is 119 Å². The molecule has 2 saturated heterocycles. The third kappa shape index (κ3) is 10.4. The van der Waals surface area contributed by atoms with E-state index in [0.717, 1.165) is 46.9 Å². The minimum atomic E-state index is -0.918. The van der Waals surface area contributed by atoms with E-state index >= 15 is 0 Å². The molecule has 0 aliphatic carbocycles. The van der Waals surface area contributed by atoms with E-state index in [2.05, 4.69) is 17.2 Å². The number of ether oxygens (including phenoxy) is 1. The Labute approximate surface area is 330 Å². The number of phenols is 1. The van der Waals surface area contributed by atoms with Gasteiger partial charge in [-0.25, -0.2) is 4.79 Å². The molecule has 0 bridgehead atoms. The molecule has 11 nitrogen and oxygen atoms in total. The lowest BCUT2D eigenvalue weighted by Gasteiger charge is -2.54. The average molecular weight is 762 g/mol. The van der Waals surface area contributed by atoms with Gasteiger partial charge in [-0.2, -0.15) is 0 Å². The zero-order valence-electron chi connectivity index (χ0n) is 32.5. The summed E-state index contributed by atoms with van der Waals surface area (Å²) >= 11 is 0. The number of carbonyl (C=O) groups is 4. The van der Waals surface area contributed by atoms with E-state index < -0.39 is 24.3 Å². The fourth-order valence-corrected chi connectivity index (χ4v) is 7.96. The molecule has 3 aromatic carbocycles. The summed E-state index contributed by atoms with van der Waals surface area (Å²) in [5, 5.41) is 13.9. The third-order valence-corrected chi connectivity index (χ3v) is 11.0. The number of nitrogens with zero attached hydrogens (tertiary/aromatic N) is 4. The predicted molar refractivity (Wildman–Crippen MR) is 215 cm³/mol. The zero-order valence-corrected chi connectivity index (χ0v) is 32.5. The van der Waals surface area contributed by atoms with Gasteiger partial charge in [0.2, 0.25) is 11.8 Å². The summed E-state index contributed by atoms with van der Waals surface area (Å²) in [7, 11) is 0. The van der Waals surface area contributed by atoms with Crippen LogP contribution in [0.25, 0.3) is 10.9 Å². The summed E-state index contributed by atoms with van der Waals surface area (Å²) in [5.41, 5.74) is 3.36. The van der Waals surface area contributed by atoms with Crippen LogP contribution in [0.3, 0.4) is 0 Å². The van der Waals surface area contributed by atoms with E-state index in [4.69, 9.17) is 4.74 Å². The number of nitrogens with one attached hydrogen (secondary N) is 1. The van der Waals surface area contributed by atoms with Crippen LogP contribution in [0.4, 0.5) is 4.79 Å². The normalized spacial score (nSPS) is 18.2. The highest BCUT2D eigenvalue weighted by atomic mass is 16.5. The van der Waals surface area contributed by atoms with Gasteiger partial charge in [-0.15, -0.1) is 0 Å². The first-order valence-electron chi connectivity index (χ1n) is 20.3. The number of phenolic OH excluding ortho intramolecular Hbond substituents is 1. The summed E-state index contributed by atoms with van der Waals surface area (Å²) < 4.78 is 5.81. The molecule has 2 aliphatic heterocycles. The number of carbonyl (C=O) groups excluding carboxylic acids is 4. The van der Waals surface area contributed by atoms with Crippen molar-refractivity contribution in [3.63, 3.8) is 0 Å².